The molecular weight excluding hydrogens is 402 g/mol. The fraction of sp³-hybridized carbons (Fsp3) is 0.462. The van der Waals surface area contributed by atoms with Crippen molar-refractivity contribution in [3.8, 4) is 0 Å². The number of benzene rings is 2. The SMILES string of the molecule is COCCN1C(=O)c2ccccc2C(C(=O)NCCC2CCCN2C)C1c1ccccc1. The summed E-state index contributed by atoms with van der Waals surface area (Å²) < 4.78 is 5.29. The standard InChI is InChI=1S/C26H33N3O3/c1-28-16-8-11-20(28)14-15-27-25(30)23-21-12-6-7-13-22(21)26(31)29(17-18-32-2)24(23)19-9-4-3-5-10-19/h3-7,9-10,12-13,20,23-24H,8,11,14-18H2,1-2H3,(H,27,30). The van der Waals surface area contributed by atoms with Crippen molar-refractivity contribution in [2.24, 2.45) is 0 Å². The van der Waals surface area contributed by atoms with Gasteiger partial charge in [0.15, 0.2) is 0 Å². The van der Waals surface area contributed by atoms with Gasteiger partial charge in [-0.2, -0.15) is 0 Å². The van der Waals surface area contributed by atoms with E-state index in [2.05, 4.69) is 17.3 Å². The number of nitrogens with zero attached hydrogens (tertiary/aromatic N) is 2. The van der Waals surface area contributed by atoms with Crippen LogP contribution in [-0.2, 0) is 9.53 Å². The molecular formula is C26H33N3O3. The summed E-state index contributed by atoms with van der Waals surface area (Å²) in [5.41, 5.74) is 2.36. The minimum atomic E-state index is -0.468. The molecule has 2 aliphatic rings. The molecule has 4 rings (SSSR count). The lowest BCUT2D eigenvalue weighted by molar-refractivity contribution is -0.124. The monoisotopic (exact) mass is 435 g/mol. The summed E-state index contributed by atoms with van der Waals surface area (Å²) in [6.07, 6.45) is 3.35. The quantitative estimate of drug-likeness (QED) is 0.692. The Kier molecular flexibility index (Phi) is 7.22. The lowest BCUT2D eigenvalue weighted by Crippen LogP contribution is -2.48. The highest BCUT2D eigenvalue weighted by Crippen LogP contribution is 2.42. The zero-order valence-electron chi connectivity index (χ0n) is 19.0. The van der Waals surface area contributed by atoms with Crippen LogP contribution in [-0.4, -0.2) is 68.1 Å². The molecule has 32 heavy (non-hydrogen) atoms. The van der Waals surface area contributed by atoms with Gasteiger partial charge in [-0.1, -0.05) is 48.5 Å². The Bertz CT molecular complexity index is 933. The third-order valence-corrected chi connectivity index (χ3v) is 6.85. The van der Waals surface area contributed by atoms with Crippen LogP contribution in [0.15, 0.2) is 54.6 Å². The van der Waals surface area contributed by atoms with E-state index < -0.39 is 5.92 Å². The minimum absolute atomic E-state index is 0.0260. The molecule has 2 heterocycles. The second kappa shape index (κ2) is 10.3. The molecule has 2 amide bonds. The summed E-state index contributed by atoms with van der Waals surface area (Å²) in [5.74, 6) is -0.547. The number of hydrogen-bond donors (Lipinski definition) is 1. The van der Waals surface area contributed by atoms with Gasteiger partial charge in [0.2, 0.25) is 5.91 Å². The van der Waals surface area contributed by atoms with Gasteiger partial charge in [0, 0.05) is 31.8 Å². The maximum absolute atomic E-state index is 13.6. The van der Waals surface area contributed by atoms with Crippen LogP contribution in [0.3, 0.4) is 0 Å². The van der Waals surface area contributed by atoms with Crippen LogP contribution >= 0.6 is 0 Å². The Labute approximate surface area is 190 Å². The van der Waals surface area contributed by atoms with Crippen molar-refractivity contribution in [2.45, 2.75) is 37.3 Å². The maximum atomic E-state index is 13.6. The van der Waals surface area contributed by atoms with E-state index in [1.54, 1.807) is 12.0 Å². The number of ether oxygens (including phenoxy) is 1. The van der Waals surface area contributed by atoms with Gasteiger partial charge < -0.3 is 19.9 Å². The van der Waals surface area contributed by atoms with Crippen LogP contribution in [0.2, 0.25) is 0 Å². The molecule has 0 radical (unpaired) electrons. The number of rotatable bonds is 8. The van der Waals surface area contributed by atoms with Gasteiger partial charge in [-0.15, -0.1) is 0 Å². The summed E-state index contributed by atoms with van der Waals surface area (Å²) in [5, 5.41) is 3.20. The molecule has 1 fully saturated rings. The van der Waals surface area contributed by atoms with Crippen LogP contribution in [0.25, 0.3) is 0 Å². The van der Waals surface area contributed by atoms with Crippen LogP contribution in [0.1, 0.15) is 52.7 Å². The summed E-state index contributed by atoms with van der Waals surface area (Å²) >= 11 is 0. The molecule has 0 aliphatic carbocycles. The first-order valence-electron chi connectivity index (χ1n) is 11.5. The molecule has 1 N–H and O–H groups in total. The molecule has 1 saturated heterocycles. The Morgan fingerprint density at radius 3 is 2.59 bits per heavy atom. The zero-order chi connectivity index (χ0) is 22.5. The van der Waals surface area contributed by atoms with Crippen LogP contribution in [0.4, 0.5) is 0 Å². The number of methoxy groups -OCH3 is 1. The Balaban J connectivity index is 1.64. The fourth-order valence-corrected chi connectivity index (χ4v) is 5.15. The summed E-state index contributed by atoms with van der Waals surface area (Å²) in [4.78, 5) is 31.2. The number of likely N-dealkylation sites (tertiary alicyclic amines) is 1. The van der Waals surface area contributed by atoms with E-state index in [0.717, 1.165) is 24.1 Å². The maximum Gasteiger partial charge on any atom is 0.254 e. The van der Waals surface area contributed by atoms with Crippen LogP contribution in [0, 0.1) is 0 Å². The van der Waals surface area contributed by atoms with Crippen LogP contribution < -0.4 is 5.32 Å². The van der Waals surface area contributed by atoms with E-state index in [-0.39, 0.29) is 17.9 Å². The van der Waals surface area contributed by atoms with Gasteiger partial charge in [0.05, 0.1) is 18.6 Å². The highest BCUT2D eigenvalue weighted by atomic mass is 16.5. The van der Waals surface area contributed by atoms with Gasteiger partial charge in [0.25, 0.3) is 5.91 Å². The van der Waals surface area contributed by atoms with E-state index in [0.29, 0.717) is 31.3 Å². The molecule has 3 unspecified atom stereocenters. The molecule has 3 atom stereocenters. The molecule has 2 aromatic rings. The minimum Gasteiger partial charge on any atom is -0.383 e. The molecule has 170 valence electrons. The van der Waals surface area contributed by atoms with E-state index in [1.165, 1.54) is 12.8 Å². The summed E-state index contributed by atoms with van der Waals surface area (Å²) in [7, 11) is 3.78. The van der Waals surface area contributed by atoms with Crippen molar-refractivity contribution < 1.29 is 14.3 Å². The smallest absolute Gasteiger partial charge is 0.254 e. The van der Waals surface area contributed by atoms with Crippen LogP contribution in [0.5, 0.6) is 0 Å². The Morgan fingerprint density at radius 2 is 1.88 bits per heavy atom. The second-order valence-electron chi connectivity index (χ2n) is 8.77. The summed E-state index contributed by atoms with van der Waals surface area (Å²) in [6, 6.07) is 17.5. The number of nitrogens with one attached hydrogen (secondary N) is 1. The van der Waals surface area contributed by atoms with Gasteiger partial charge in [-0.3, -0.25) is 9.59 Å². The predicted molar refractivity (Wildman–Crippen MR) is 125 cm³/mol. The molecule has 0 bridgehead atoms. The van der Waals surface area contributed by atoms with E-state index in [1.807, 2.05) is 54.6 Å². The highest BCUT2D eigenvalue weighted by Gasteiger charge is 2.43. The molecule has 0 saturated carbocycles. The van der Waals surface area contributed by atoms with Gasteiger partial charge >= 0.3 is 0 Å². The average molecular weight is 436 g/mol. The topological polar surface area (TPSA) is 61.9 Å². The zero-order valence-corrected chi connectivity index (χ0v) is 19.0. The highest BCUT2D eigenvalue weighted by molar-refractivity contribution is 6.01. The number of carbonyl (C=O) groups excluding carboxylic acids is 2. The molecule has 2 aromatic carbocycles. The number of carbonyl (C=O) groups is 2. The van der Waals surface area contributed by atoms with Gasteiger partial charge in [-0.05, 0) is 50.0 Å². The van der Waals surface area contributed by atoms with Crippen molar-refractivity contribution in [3.63, 3.8) is 0 Å². The van der Waals surface area contributed by atoms with Crippen molar-refractivity contribution in [1.29, 1.82) is 0 Å². The molecule has 2 aliphatic heterocycles. The third-order valence-electron chi connectivity index (χ3n) is 6.85. The second-order valence-corrected chi connectivity index (χ2v) is 8.77. The fourth-order valence-electron chi connectivity index (χ4n) is 5.15. The Hall–Kier alpha value is -2.70. The largest absolute Gasteiger partial charge is 0.383 e. The lowest BCUT2D eigenvalue weighted by atomic mass is 9.79. The van der Waals surface area contributed by atoms with Crippen molar-refractivity contribution in [1.82, 2.24) is 15.1 Å². The first-order valence-corrected chi connectivity index (χ1v) is 11.5. The van der Waals surface area contributed by atoms with Crippen molar-refractivity contribution >= 4 is 11.8 Å². The van der Waals surface area contributed by atoms with Crippen molar-refractivity contribution in [3.05, 3.63) is 71.3 Å². The normalized spacial score (nSPS) is 23.2. The Morgan fingerprint density at radius 1 is 1.12 bits per heavy atom. The molecule has 6 nitrogen and oxygen atoms in total. The lowest BCUT2D eigenvalue weighted by Gasteiger charge is -2.41. The van der Waals surface area contributed by atoms with Gasteiger partial charge in [-0.25, -0.2) is 0 Å². The average Bonchev–Trinajstić information content (AvgIpc) is 3.23. The number of hydrogen-bond acceptors (Lipinski definition) is 4. The van der Waals surface area contributed by atoms with Crippen molar-refractivity contribution in [2.75, 3.05) is 40.4 Å². The number of fused-ring (bicyclic) bond motifs is 1. The van der Waals surface area contributed by atoms with E-state index in [4.69, 9.17) is 4.74 Å². The molecule has 0 spiro atoms. The predicted octanol–water partition coefficient (Wildman–Crippen LogP) is 3.21. The van der Waals surface area contributed by atoms with E-state index in [9.17, 15) is 9.59 Å². The van der Waals surface area contributed by atoms with Gasteiger partial charge in [0.1, 0.15) is 0 Å². The molecule has 0 aromatic heterocycles. The third kappa shape index (κ3) is 4.57. The van der Waals surface area contributed by atoms with E-state index >= 15 is 0 Å². The first kappa shape index (κ1) is 22.5. The summed E-state index contributed by atoms with van der Waals surface area (Å²) in [6.45, 7) is 2.61. The first-order chi connectivity index (χ1) is 15.6. The number of amides is 2. The molecule has 6 heteroatoms.